The fourth-order valence-corrected chi connectivity index (χ4v) is 4.92. The van der Waals surface area contributed by atoms with Crippen molar-refractivity contribution in [1.82, 2.24) is 14.3 Å². The minimum absolute atomic E-state index is 0.260. The monoisotopic (exact) mass is 434 g/mol. The molecule has 1 saturated carbocycles. The molecule has 7 heteroatoms. The van der Waals surface area contributed by atoms with Crippen molar-refractivity contribution in [3.63, 3.8) is 0 Å². The molecule has 2 fully saturated rings. The maximum absolute atomic E-state index is 12.7. The Labute approximate surface area is 188 Å². The molecule has 5 rings (SSSR count). The van der Waals surface area contributed by atoms with E-state index in [1.165, 1.54) is 12.8 Å². The average molecular weight is 435 g/mol. The summed E-state index contributed by atoms with van der Waals surface area (Å²) in [5, 5.41) is 0. The minimum Gasteiger partial charge on any atom is -0.497 e. The van der Waals surface area contributed by atoms with Crippen LogP contribution < -0.4 is 14.4 Å². The highest BCUT2D eigenvalue weighted by molar-refractivity contribution is 5.79. The van der Waals surface area contributed by atoms with Crippen molar-refractivity contribution < 1.29 is 14.3 Å². The van der Waals surface area contributed by atoms with E-state index in [2.05, 4.69) is 21.9 Å². The molecule has 1 aliphatic carbocycles. The van der Waals surface area contributed by atoms with Crippen molar-refractivity contribution in [1.29, 1.82) is 0 Å². The van der Waals surface area contributed by atoms with Gasteiger partial charge in [0.05, 0.1) is 19.9 Å². The normalized spacial score (nSPS) is 17.2. The van der Waals surface area contributed by atoms with Gasteiger partial charge in [-0.1, -0.05) is 12.8 Å². The molecule has 2 aliphatic rings. The zero-order valence-electron chi connectivity index (χ0n) is 18.8. The zero-order valence-corrected chi connectivity index (χ0v) is 18.8. The first-order chi connectivity index (χ1) is 15.7. The van der Waals surface area contributed by atoms with Crippen LogP contribution in [0.25, 0.3) is 16.9 Å². The molecule has 0 atom stereocenters. The fourth-order valence-electron chi connectivity index (χ4n) is 4.92. The molecular weight excluding hydrogens is 404 g/mol. The second kappa shape index (κ2) is 8.73. The number of fused-ring (bicyclic) bond motifs is 1. The lowest BCUT2D eigenvalue weighted by Gasteiger charge is -2.37. The van der Waals surface area contributed by atoms with Crippen LogP contribution in [0.3, 0.4) is 0 Å². The van der Waals surface area contributed by atoms with Gasteiger partial charge in [0.1, 0.15) is 17.1 Å². The summed E-state index contributed by atoms with van der Waals surface area (Å²) in [5.41, 5.74) is 3.82. The topological polar surface area (TPSA) is 59.3 Å². The number of anilines is 1. The van der Waals surface area contributed by atoms with Gasteiger partial charge in [-0.15, -0.1) is 0 Å². The molecule has 0 N–H and O–H groups in total. The predicted molar refractivity (Wildman–Crippen MR) is 124 cm³/mol. The smallest absolute Gasteiger partial charge is 0.225 e. The summed E-state index contributed by atoms with van der Waals surface area (Å²) >= 11 is 0. The van der Waals surface area contributed by atoms with Crippen LogP contribution in [0.15, 0.2) is 42.7 Å². The maximum Gasteiger partial charge on any atom is 0.225 e. The standard InChI is InChI=1S/C25H30N4O3/c1-31-20-7-8-21(23(16-20)32-2)22-17-29-10-9-19(15-24(29)26-22)27-11-13-28(14-12-27)25(30)18-5-3-4-6-18/h7-10,15-18H,3-6,11-14H2,1-2H3. The largest absolute Gasteiger partial charge is 0.497 e. The van der Waals surface area contributed by atoms with Crippen LogP contribution in [-0.4, -0.2) is 60.6 Å². The summed E-state index contributed by atoms with van der Waals surface area (Å²) in [4.78, 5) is 22.0. The Hall–Kier alpha value is -3.22. The number of nitrogens with zero attached hydrogens (tertiary/aromatic N) is 4. The van der Waals surface area contributed by atoms with E-state index >= 15 is 0 Å². The Morgan fingerprint density at radius 3 is 2.50 bits per heavy atom. The van der Waals surface area contributed by atoms with Gasteiger partial charge in [0.15, 0.2) is 0 Å². The summed E-state index contributed by atoms with van der Waals surface area (Å²) in [6.07, 6.45) is 8.60. The maximum atomic E-state index is 12.7. The highest BCUT2D eigenvalue weighted by Crippen LogP contribution is 2.33. The third-order valence-electron chi connectivity index (χ3n) is 6.79. The molecule has 2 aromatic heterocycles. The van der Waals surface area contributed by atoms with Gasteiger partial charge in [-0.3, -0.25) is 4.79 Å². The summed E-state index contributed by atoms with van der Waals surface area (Å²) in [7, 11) is 3.30. The first-order valence-electron chi connectivity index (χ1n) is 11.4. The van der Waals surface area contributed by atoms with Gasteiger partial charge in [0, 0.05) is 67.9 Å². The number of amides is 1. The number of benzene rings is 1. The van der Waals surface area contributed by atoms with Crippen LogP contribution in [0, 0.1) is 5.92 Å². The van der Waals surface area contributed by atoms with Crippen molar-refractivity contribution in [2.24, 2.45) is 5.92 Å². The quantitative estimate of drug-likeness (QED) is 0.610. The SMILES string of the molecule is COc1ccc(-c2cn3ccc(N4CCN(C(=O)C5CCCC5)CC4)cc3n2)c(OC)c1. The predicted octanol–water partition coefficient (Wildman–Crippen LogP) is 3.86. The van der Waals surface area contributed by atoms with Crippen LogP contribution in [0.1, 0.15) is 25.7 Å². The lowest BCUT2D eigenvalue weighted by Crippen LogP contribution is -2.50. The van der Waals surface area contributed by atoms with Gasteiger partial charge in [-0.05, 0) is 31.0 Å². The van der Waals surface area contributed by atoms with E-state index in [-0.39, 0.29) is 5.92 Å². The van der Waals surface area contributed by atoms with E-state index in [0.29, 0.717) is 5.91 Å². The Kier molecular flexibility index (Phi) is 5.64. The molecule has 1 aliphatic heterocycles. The molecule has 1 amide bonds. The minimum atomic E-state index is 0.260. The molecule has 3 aromatic rings. The molecule has 1 aromatic carbocycles. The van der Waals surface area contributed by atoms with Crippen LogP contribution >= 0.6 is 0 Å². The van der Waals surface area contributed by atoms with Gasteiger partial charge in [-0.25, -0.2) is 4.98 Å². The van der Waals surface area contributed by atoms with Crippen molar-refractivity contribution >= 4 is 17.2 Å². The number of methoxy groups -OCH3 is 2. The van der Waals surface area contributed by atoms with Gasteiger partial charge in [0.2, 0.25) is 5.91 Å². The van der Waals surface area contributed by atoms with Crippen LogP contribution in [0.5, 0.6) is 11.5 Å². The molecule has 7 nitrogen and oxygen atoms in total. The molecule has 0 unspecified atom stereocenters. The van der Waals surface area contributed by atoms with E-state index in [4.69, 9.17) is 14.5 Å². The third kappa shape index (κ3) is 3.87. The van der Waals surface area contributed by atoms with E-state index in [1.54, 1.807) is 14.2 Å². The number of carbonyl (C=O) groups excluding carboxylic acids is 1. The van der Waals surface area contributed by atoms with E-state index in [0.717, 1.165) is 73.1 Å². The Balaban J connectivity index is 1.32. The summed E-state index contributed by atoms with van der Waals surface area (Å²) in [6, 6.07) is 10.0. The highest BCUT2D eigenvalue weighted by atomic mass is 16.5. The number of hydrogen-bond donors (Lipinski definition) is 0. The number of piperazine rings is 1. The third-order valence-corrected chi connectivity index (χ3v) is 6.79. The number of imidazole rings is 1. The number of rotatable bonds is 5. The number of ether oxygens (including phenoxy) is 2. The summed E-state index contributed by atoms with van der Waals surface area (Å²) in [5.74, 6) is 2.11. The van der Waals surface area contributed by atoms with Crippen molar-refractivity contribution in [2.45, 2.75) is 25.7 Å². The van der Waals surface area contributed by atoms with Gasteiger partial charge in [-0.2, -0.15) is 0 Å². The second-order valence-corrected chi connectivity index (χ2v) is 8.64. The zero-order chi connectivity index (χ0) is 22.1. The first kappa shape index (κ1) is 20.7. The lowest BCUT2D eigenvalue weighted by molar-refractivity contribution is -0.135. The van der Waals surface area contributed by atoms with E-state index in [9.17, 15) is 4.79 Å². The molecule has 3 heterocycles. The summed E-state index contributed by atoms with van der Waals surface area (Å²) < 4.78 is 12.9. The molecule has 0 spiro atoms. The molecule has 0 radical (unpaired) electrons. The van der Waals surface area contributed by atoms with Gasteiger partial charge in [0.25, 0.3) is 0 Å². The average Bonchev–Trinajstić information content (AvgIpc) is 3.53. The van der Waals surface area contributed by atoms with Crippen LogP contribution in [0.2, 0.25) is 0 Å². The number of pyridine rings is 1. The number of aromatic nitrogens is 2. The van der Waals surface area contributed by atoms with Crippen LogP contribution in [0.4, 0.5) is 5.69 Å². The Morgan fingerprint density at radius 1 is 1.00 bits per heavy atom. The van der Waals surface area contributed by atoms with E-state index < -0.39 is 0 Å². The lowest BCUT2D eigenvalue weighted by atomic mass is 10.1. The molecular formula is C25H30N4O3. The van der Waals surface area contributed by atoms with Crippen molar-refractivity contribution in [3.05, 3.63) is 42.7 Å². The number of hydrogen-bond acceptors (Lipinski definition) is 5. The van der Waals surface area contributed by atoms with Crippen molar-refractivity contribution in [3.8, 4) is 22.8 Å². The number of carbonyl (C=O) groups is 1. The molecule has 168 valence electrons. The van der Waals surface area contributed by atoms with E-state index in [1.807, 2.05) is 35.0 Å². The fraction of sp³-hybridized carbons (Fsp3) is 0.440. The van der Waals surface area contributed by atoms with Gasteiger partial charge >= 0.3 is 0 Å². The molecule has 1 saturated heterocycles. The highest BCUT2D eigenvalue weighted by Gasteiger charge is 2.29. The van der Waals surface area contributed by atoms with Crippen LogP contribution in [-0.2, 0) is 4.79 Å². The van der Waals surface area contributed by atoms with Crippen molar-refractivity contribution in [2.75, 3.05) is 45.3 Å². The Morgan fingerprint density at radius 2 is 1.78 bits per heavy atom. The second-order valence-electron chi connectivity index (χ2n) is 8.64. The Bertz CT molecular complexity index is 1110. The summed E-state index contributed by atoms with van der Waals surface area (Å²) in [6.45, 7) is 3.30. The molecule has 32 heavy (non-hydrogen) atoms. The first-order valence-corrected chi connectivity index (χ1v) is 11.4. The van der Waals surface area contributed by atoms with Gasteiger partial charge < -0.3 is 23.7 Å². The molecule has 0 bridgehead atoms.